The predicted octanol–water partition coefficient (Wildman–Crippen LogP) is 5.46. The van der Waals surface area contributed by atoms with Gasteiger partial charge in [-0.05, 0) is 44.4 Å². The number of thiophene rings is 1. The number of nitrogens with zero attached hydrogens (tertiary/aromatic N) is 1. The van der Waals surface area contributed by atoms with E-state index in [1.54, 1.807) is 42.3 Å². The zero-order valence-corrected chi connectivity index (χ0v) is 18.6. The second-order valence-electron chi connectivity index (χ2n) is 7.30. The Morgan fingerprint density at radius 2 is 1.79 bits per heavy atom. The molecule has 2 aromatic rings. The van der Waals surface area contributed by atoms with Crippen molar-refractivity contribution in [2.45, 2.75) is 38.6 Å². The molecule has 0 spiro atoms. The monoisotopic (exact) mass is 437 g/mol. The molecule has 0 bridgehead atoms. The summed E-state index contributed by atoms with van der Waals surface area (Å²) in [5.41, 5.74) is -0.367. The molecule has 7 heteroatoms. The highest BCUT2D eigenvalue weighted by Crippen LogP contribution is 2.49. The SMILES string of the molecule is COC(=O)C1(c2ccccc2)C(=O)N(C(C)(C)c2sc(Cl)c(C)c2Cl)C=C1C. The van der Waals surface area contributed by atoms with Crippen LogP contribution in [0.25, 0.3) is 0 Å². The van der Waals surface area contributed by atoms with Crippen molar-refractivity contribution in [2.24, 2.45) is 0 Å². The molecule has 1 aliphatic rings. The van der Waals surface area contributed by atoms with E-state index in [1.807, 2.05) is 26.8 Å². The van der Waals surface area contributed by atoms with Gasteiger partial charge in [-0.1, -0.05) is 53.5 Å². The summed E-state index contributed by atoms with van der Waals surface area (Å²) in [6.07, 6.45) is 1.71. The zero-order chi connectivity index (χ0) is 20.9. The van der Waals surface area contributed by atoms with Gasteiger partial charge >= 0.3 is 5.97 Å². The molecule has 0 fully saturated rings. The van der Waals surface area contributed by atoms with Gasteiger partial charge in [0.05, 0.1) is 26.9 Å². The molecule has 0 radical (unpaired) electrons. The first-order valence-electron chi connectivity index (χ1n) is 8.71. The van der Waals surface area contributed by atoms with E-state index in [0.29, 0.717) is 20.5 Å². The van der Waals surface area contributed by atoms with Crippen LogP contribution in [0.15, 0.2) is 42.1 Å². The van der Waals surface area contributed by atoms with Crippen molar-refractivity contribution in [1.29, 1.82) is 0 Å². The van der Waals surface area contributed by atoms with Crippen LogP contribution in [0.5, 0.6) is 0 Å². The summed E-state index contributed by atoms with van der Waals surface area (Å²) >= 11 is 14.1. The molecule has 1 aromatic carbocycles. The Morgan fingerprint density at radius 3 is 2.29 bits per heavy atom. The molecule has 1 unspecified atom stereocenters. The summed E-state index contributed by atoms with van der Waals surface area (Å²) in [6.45, 7) is 7.39. The first-order valence-corrected chi connectivity index (χ1v) is 10.3. The average molecular weight is 438 g/mol. The topological polar surface area (TPSA) is 46.6 Å². The molecular formula is C21H21Cl2NO3S. The maximum absolute atomic E-state index is 13.8. The number of carbonyl (C=O) groups excluding carboxylic acids is 2. The maximum Gasteiger partial charge on any atom is 0.330 e. The molecule has 148 valence electrons. The fourth-order valence-corrected chi connectivity index (χ4v) is 5.54. The Labute approximate surface area is 178 Å². The number of hydrogen-bond donors (Lipinski definition) is 0. The van der Waals surface area contributed by atoms with Gasteiger partial charge < -0.3 is 9.64 Å². The Hall–Kier alpha value is -1.82. The van der Waals surface area contributed by atoms with Crippen molar-refractivity contribution in [1.82, 2.24) is 4.90 Å². The van der Waals surface area contributed by atoms with E-state index in [1.165, 1.54) is 18.4 Å². The third-order valence-electron chi connectivity index (χ3n) is 5.33. The van der Waals surface area contributed by atoms with Crippen molar-refractivity contribution in [3.8, 4) is 0 Å². The Balaban J connectivity index is 2.18. The molecule has 0 saturated heterocycles. The number of halogens is 2. The molecule has 1 amide bonds. The number of benzene rings is 1. The Kier molecular flexibility index (Phi) is 5.38. The number of rotatable bonds is 4. The van der Waals surface area contributed by atoms with E-state index in [-0.39, 0.29) is 5.91 Å². The van der Waals surface area contributed by atoms with Crippen LogP contribution >= 0.6 is 34.5 Å². The third kappa shape index (κ3) is 2.79. The minimum absolute atomic E-state index is 0.369. The number of esters is 1. The van der Waals surface area contributed by atoms with Gasteiger partial charge in [-0.15, -0.1) is 11.3 Å². The Bertz CT molecular complexity index is 981. The smallest absolute Gasteiger partial charge is 0.330 e. The van der Waals surface area contributed by atoms with E-state index in [9.17, 15) is 9.59 Å². The first-order chi connectivity index (χ1) is 13.1. The second-order valence-corrected chi connectivity index (χ2v) is 9.30. The standard InChI is InChI=1S/C21H21Cl2NO3S/c1-12-11-24(20(3,4)16-15(22)13(2)17(23)28-16)18(25)21(12,19(26)27-5)14-9-7-6-8-10-14/h6-11H,1-5H3. The molecule has 0 saturated carbocycles. The van der Waals surface area contributed by atoms with Crippen molar-refractivity contribution < 1.29 is 14.3 Å². The van der Waals surface area contributed by atoms with Crippen LogP contribution in [0, 0.1) is 6.92 Å². The zero-order valence-electron chi connectivity index (χ0n) is 16.3. The molecule has 2 heterocycles. The molecular weight excluding hydrogens is 417 g/mol. The minimum Gasteiger partial charge on any atom is -0.468 e. The highest BCUT2D eigenvalue weighted by atomic mass is 35.5. The van der Waals surface area contributed by atoms with Crippen molar-refractivity contribution in [3.05, 3.63) is 67.5 Å². The van der Waals surface area contributed by atoms with Gasteiger partial charge in [0, 0.05) is 6.20 Å². The lowest BCUT2D eigenvalue weighted by molar-refractivity contribution is -0.153. The van der Waals surface area contributed by atoms with Gasteiger partial charge in [-0.25, -0.2) is 0 Å². The quantitative estimate of drug-likeness (QED) is 0.471. The van der Waals surface area contributed by atoms with Crippen molar-refractivity contribution >= 4 is 46.4 Å². The molecule has 1 atom stereocenters. The molecule has 28 heavy (non-hydrogen) atoms. The summed E-state index contributed by atoms with van der Waals surface area (Å²) in [5, 5.41) is 0.536. The van der Waals surface area contributed by atoms with Crippen LogP contribution in [-0.4, -0.2) is 23.9 Å². The summed E-state index contributed by atoms with van der Waals surface area (Å²) < 4.78 is 5.66. The van der Waals surface area contributed by atoms with Gasteiger partial charge in [0.15, 0.2) is 5.41 Å². The van der Waals surface area contributed by atoms with E-state index in [4.69, 9.17) is 27.9 Å². The number of amides is 1. The lowest BCUT2D eigenvalue weighted by Crippen LogP contribution is -2.51. The highest BCUT2D eigenvalue weighted by molar-refractivity contribution is 7.17. The van der Waals surface area contributed by atoms with Crippen molar-refractivity contribution in [3.63, 3.8) is 0 Å². The first kappa shape index (κ1) is 20.9. The number of methoxy groups -OCH3 is 1. The fraction of sp³-hybridized carbons (Fsp3) is 0.333. The van der Waals surface area contributed by atoms with Crippen LogP contribution in [0.2, 0.25) is 9.36 Å². The summed E-state index contributed by atoms with van der Waals surface area (Å²) in [6, 6.07) is 8.97. The van der Waals surface area contributed by atoms with Gasteiger partial charge in [0.1, 0.15) is 0 Å². The largest absolute Gasteiger partial charge is 0.468 e. The summed E-state index contributed by atoms with van der Waals surface area (Å²) in [5.74, 6) is -0.978. The van der Waals surface area contributed by atoms with Crippen LogP contribution in [0.4, 0.5) is 0 Å². The third-order valence-corrected chi connectivity index (χ3v) is 7.82. The van der Waals surface area contributed by atoms with E-state index >= 15 is 0 Å². The number of hydrogen-bond acceptors (Lipinski definition) is 4. The van der Waals surface area contributed by atoms with Crippen LogP contribution in [0.1, 0.15) is 36.8 Å². The van der Waals surface area contributed by atoms with Crippen LogP contribution in [-0.2, 0) is 25.3 Å². The van der Waals surface area contributed by atoms with Gasteiger partial charge in [0.25, 0.3) is 5.91 Å². The van der Waals surface area contributed by atoms with Crippen LogP contribution < -0.4 is 0 Å². The lowest BCUT2D eigenvalue weighted by atomic mass is 9.75. The van der Waals surface area contributed by atoms with Crippen LogP contribution in [0.3, 0.4) is 0 Å². The lowest BCUT2D eigenvalue weighted by Gasteiger charge is -2.36. The van der Waals surface area contributed by atoms with Crippen molar-refractivity contribution in [2.75, 3.05) is 7.11 Å². The molecule has 1 aromatic heterocycles. The highest BCUT2D eigenvalue weighted by Gasteiger charge is 2.58. The normalized spacial score (nSPS) is 19.8. The second kappa shape index (κ2) is 7.21. The Morgan fingerprint density at radius 1 is 1.18 bits per heavy atom. The molecule has 1 aliphatic heterocycles. The minimum atomic E-state index is -1.52. The molecule has 4 nitrogen and oxygen atoms in total. The fourth-order valence-electron chi connectivity index (χ4n) is 3.64. The number of ether oxygens (including phenoxy) is 1. The van der Waals surface area contributed by atoms with E-state index < -0.39 is 16.9 Å². The predicted molar refractivity (Wildman–Crippen MR) is 113 cm³/mol. The number of carbonyl (C=O) groups is 2. The molecule has 0 N–H and O–H groups in total. The maximum atomic E-state index is 13.8. The van der Waals surface area contributed by atoms with E-state index in [0.717, 1.165) is 10.4 Å². The summed E-state index contributed by atoms with van der Waals surface area (Å²) in [7, 11) is 1.29. The van der Waals surface area contributed by atoms with Gasteiger partial charge in [-0.3, -0.25) is 9.59 Å². The summed E-state index contributed by atoms with van der Waals surface area (Å²) in [4.78, 5) is 29.0. The molecule has 3 rings (SSSR count). The van der Waals surface area contributed by atoms with Gasteiger partial charge in [0.2, 0.25) is 0 Å². The van der Waals surface area contributed by atoms with E-state index in [2.05, 4.69) is 0 Å². The average Bonchev–Trinajstić information content (AvgIpc) is 3.10. The van der Waals surface area contributed by atoms with Gasteiger partial charge in [-0.2, -0.15) is 0 Å². The molecule has 0 aliphatic carbocycles.